The van der Waals surface area contributed by atoms with Crippen molar-refractivity contribution in [2.75, 3.05) is 11.9 Å². The van der Waals surface area contributed by atoms with Crippen molar-refractivity contribution >= 4 is 34.6 Å². The maximum Gasteiger partial charge on any atom is 0.173 e. The fraction of sp³-hybridized carbons (Fsp3) is 0.238. The van der Waals surface area contributed by atoms with Gasteiger partial charge in [0.05, 0.1) is 17.0 Å². The van der Waals surface area contributed by atoms with Gasteiger partial charge in [0.15, 0.2) is 5.11 Å². The minimum atomic E-state index is 0.661. The summed E-state index contributed by atoms with van der Waals surface area (Å²) >= 11 is 12.0. The van der Waals surface area contributed by atoms with Crippen molar-refractivity contribution in [1.29, 1.82) is 0 Å². The summed E-state index contributed by atoms with van der Waals surface area (Å²) in [6, 6.07) is 16.1. The molecule has 0 amide bonds. The summed E-state index contributed by atoms with van der Waals surface area (Å²) in [6.45, 7) is 4.62. The molecule has 0 bridgehead atoms. The predicted octanol–water partition coefficient (Wildman–Crippen LogP) is 5.13. The molecule has 0 atom stereocenters. The van der Waals surface area contributed by atoms with Crippen LogP contribution in [0.15, 0.2) is 67.3 Å². The smallest absolute Gasteiger partial charge is 0.173 e. The molecule has 0 spiro atoms. The highest BCUT2D eigenvalue weighted by molar-refractivity contribution is 7.80. The Morgan fingerprint density at radius 1 is 1.19 bits per heavy atom. The molecule has 6 heteroatoms. The molecule has 0 aliphatic rings. The maximum atomic E-state index is 6.28. The Hall–Kier alpha value is -2.37. The highest BCUT2D eigenvalue weighted by Gasteiger charge is 2.13. The number of nitrogens with one attached hydrogen (secondary N) is 1. The number of halogens is 1. The zero-order chi connectivity index (χ0) is 19.1. The van der Waals surface area contributed by atoms with Crippen LogP contribution < -0.4 is 5.32 Å². The SMILES string of the molecule is Cc1ccccc1CN(CCCn1ccnc1)C(=S)Nc1ccccc1Cl. The fourth-order valence-corrected chi connectivity index (χ4v) is 3.31. The molecule has 0 radical (unpaired) electrons. The van der Waals surface area contributed by atoms with Crippen molar-refractivity contribution in [2.24, 2.45) is 0 Å². The van der Waals surface area contributed by atoms with Gasteiger partial charge in [-0.25, -0.2) is 4.98 Å². The Morgan fingerprint density at radius 3 is 2.70 bits per heavy atom. The number of imidazole rings is 1. The average Bonchev–Trinajstić information content (AvgIpc) is 3.18. The lowest BCUT2D eigenvalue weighted by atomic mass is 10.1. The third-order valence-corrected chi connectivity index (χ3v) is 5.12. The quantitative estimate of drug-likeness (QED) is 0.559. The number of anilines is 1. The molecule has 0 fully saturated rings. The number of hydrogen-bond donors (Lipinski definition) is 1. The van der Waals surface area contributed by atoms with E-state index in [4.69, 9.17) is 23.8 Å². The van der Waals surface area contributed by atoms with E-state index in [0.717, 1.165) is 31.7 Å². The van der Waals surface area contributed by atoms with Crippen LogP contribution in [0.25, 0.3) is 0 Å². The van der Waals surface area contributed by atoms with Gasteiger partial charge in [-0.1, -0.05) is 48.0 Å². The minimum Gasteiger partial charge on any atom is -0.345 e. The van der Waals surface area contributed by atoms with Crippen molar-refractivity contribution < 1.29 is 0 Å². The summed E-state index contributed by atoms with van der Waals surface area (Å²) in [5.41, 5.74) is 3.36. The first kappa shape index (κ1) is 19.4. The van der Waals surface area contributed by atoms with Crippen LogP contribution in [-0.4, -0.2) is 26.1 Å². The molecule has 0 unspecified atom stereocenters. The third-order valence-electron chi connectivity index (χ3n) is 4.43. The Kier molecular flexibility index (Phi) is 6.85. The van der Waals surface area contributed by atoms with Gasteiger partial charge in [-0.3, -0.25) is 0 Å². The molecular formula is C21H23ClN4S. The van der Waals surface area contributed by atoms with Crippen LogP contribution in [0.5, 0.6) is 0 Å². The van der Waals surface area contributed by atoms with Crippen LogP contribution in [-0.2, 0) is 13.1 Å². The maximum absolute atomic E-state index is 6.28. The molecule has 0 saturated heterocycles. The number of rotatable bonds is 7. The van der Waals surface area contributed by atoms with Gasteiger partial charge in [0.2, 0.25) is 0 Å². The van der Waals surface area contributed by atoms with Gasteiger partial charge in [0.1, 0.15) is 0 Å². The molecule has 2 aromatic carbocycles. The lowest BCUT2D eigenvalue weighted by molar-refractivity contribution is 0.395. The lowest BCUT2D eigenvalue weighted by Gasteiger charge is -2.27. The number of para-hydroxylation sites is 1. The molecule has 4 nitrogen and oxygen atoms in total. The summed E-state index contributed by atoms with van der Waals surface area (Å²) in [6.07, 6.45) is 6.58. The van der Waals surface area contributed by atoms with Crippen molar-refractivity contribution in [3.8, 4) is 0 Å². The van der Waals surface area contributed by atoms with Gasteiger partial charge in [-0.05, 0) is 48.8 Å². The molecule has 0 saturated carbocycles. The highest BCUT2D eigenvalue weighted by atomic mass is 35.5. The molecule has 1 aromatic heterocycles. The fourth-order valence-electron chi connectivity index (χ4n) is 2.87. The number of benzene rings is 2. The van der Waals surface area contributed by atoms with Crippen LogP contribution in [0.4, 0.5) is 5.69 Å². The largest absolute Gasteiger partial charge is 0.345 e. The van der Waals surface area contributed by atoms with Crippen molar-refractivity contribution in [3.63, 3.8) is 0 Å². The number of aromatic nitrogens is 2. The molecule has 3 aromatic rings. The van der Waals surface area contributed by atoms with Crippen LogP contribution >= 0.6 is 23.8 Å². The molecule has 0 aliphatic heterocycles. The lowest BCUT2D eigenvalue weighted by Crippen LogP contribution is -2.35. The molecule has 140 valence electrons. The van der Waals surface area contributed by atoms with Crippen molar-refractivity contribution in [2.45, 2.75) is 26.4 Å². The Morgan fingerprint density at radius 2 is 1.96 bits per heavy atom. The van der Waals surface area contributed by atoms with E-state index in [-0.39, 0.29) is 0 Å². The Balaban J connectivity index is 1.70. The van der Waals surface area contributed by atoms with E-state index in [2.05, 4.69) is 51.0 Å². The third kappa shape index (κ3) is 5.55. The van der Waals surface area contributed by atoms with Crippen LogP contribution in [0.1, 0.15) is 17.5 Å². The van der Waals surface area contributed by atoms with Gasteiger partial charge < -0.3 is 14.8 Å². The summed E-state index contributed by atoms with van der Waals surface area (Å²) < 4.78 is 2.08. The average molecular weight is 399 g/mol. The Bertz CT molecular complexity index is 879. The molecule has 0 aliphatic carbocycles. The topological polar surface area (TPSA) is 33.1 Å². The zero-order valence-corrected chi connectivity index (χ0v) is 16.9. The van der Waals surface area contributed by atoms with E-state index in [9.17, 15) is 0 Å². The molecule has 1 N–H and O–H groups in total. The number of hydrogen-bond acceptors (Lipinski definition) is 2. The van der Waals surface area contributed by atoms with E-state index in [0.29, 0.717) is 10.1 Å². The van der Waals surface area contributed by atoms with Gasteiger partial charge in [0.25, 0.3) is 0 Å². The first-order valence-corrected chi connectivity index (χ1v) is 9.73. The van der Waals surface area contributed by atoms with Crippen molar-refractivity contribution in [1.82, 2.24) is 14.5 Å². The van der Waals surface area contributed by atoms with Gasteiger partial charge in [-0.15, -0.1) is 0 Å². The van der Waals surface area contributed by atoms with Crippen LogP contribution in [0, 0.1) is 6.92 Å². The van der Waals surface area contributed by atoms with E-state index < -0.39 is 0 Å². The first-order valence-electron chi connectivity index (χ1n) is 8.94. The van der Waals surface area contributed by atoms with E-state index in [1.165, 1.54) is 11.1 Å². The summed E-state index contributed by atoms with van der Waals surface area (Å²) in [5.74, 6) is 0. The van der Waals surface area contributed by atoms with Gasteiger partial charge in [-0.2, -0.15) is 0 Å². The molecule has 3 rings (SSSR count). The summed E-state index contributed by atoms with van der Waals surface area (Å²) in [4.78, 5) is 6.29. The molecule has 27 heavy (non-hydrogen) atoms. The van der Waals surface area contributed by atoms with Crippen LogP contribution in [0.3, 0.4) is 0 Å². The molecular weight excluding hydrogens is 376 g/mol. The summed E-state index contributed by atoms with van der Waals surface area (Å²) in [7, 11) is 0. The van der Waals surface area contributed by atoms with E-state index in [1.807, 2.05) is 36.8 Å². The minimum absolute atomic E-state index is 0.661. The van der Waals surface area contributed by atoms with E-state index in [1.54, 1.807) is 6.20 Å². The highest BCUT2D eigenvalue weighted by Crippen LogP contribution is 2.21. The number of thiocarbonyl (C=S) groups is 1. The second-order valence-electron chi connectivity index (χ2n) is 6.41. The molecule has 1 heterocycles. The van der Waals surface area contributed by atoms with Gasteiger partial charge >= 0.3 is 0 Å². The standard InChI is InChI=1S/C21H23ClN4S/c1-17-7-2-3-8-18(17)15-26(13-6-12-25-14-11-23-16-25)21(27)24-20-10-5-4-9-19(20)22/h2-5,7-11,14,16H,6,12-13,15H2,1H3,(H,24,27). The second kappa shape index (κ2) is 9.53. The second-order valence-corrected chi connectivity index (χ2v) is 7.21. The Labute approximate surface area is 170 Å². The van der Waals surface area contributed by atoms with Crippen molar-refractivity contribution in [3.05, 3.63) is 83.4 Å². The summed E-state index contributed by atoms with van der Waals surface area (Å²) in [5, 5.41) is 4.64. The number of nitrogens with zero attached hydrogens (tertiary/aromatic N) is 3. The first-order chi connectivity index (χ1) is 13.1. The monoisotopic (exact) mass is 398 g/mol. The normalized spacial score (nSPS) is 10.6. The van der Waals surface area contributed by atoms with Gasteiger partial charge in [0, 0.05) is 32.0 Å². The van der Waals surface area contributed by atoms with E-state index >= 15 is 0 Å². The predicted molar refractivity (Wildman–Crippen MR) is 116 cm³/mol. The number of aryl methyl sites for hydroxylation is 2. The zero-order valence-electron chi connectivity index (χ0n) is 15.3. The van der Waals surface area contributed by atoms with Crippen LogP contribution in [0.2, 0.25) is 5.02 Å².